The van der Waals surface area contributed by atoms with Gasteiger partial charge in [-0.3, -0.25) is 4.79 Å². The second-order valence-electron chi connectivity index (χ2n) is 4.26. The van der Waals surface area contributed by atoms with Crippen LogP contribution in [0.5, 0.6) is 0 Å². The summed E-state index contributed by atoms with van der Waals surface area (Å²) in [5, 5.41) is 1.19. The fourth-order valence-electron chi connectivity index (χ4n) is 2.02. The van der Waals surface area contributed by atoms with E-state index < -0.39 is 6.04 Å². The third-order valence-electron chi connectivity index (χ3n) is 2.99. The fraction of sp³-hybridized carbons (Fsp3) is 0.357. The molecule has 2 aromatic rings. The molecule has 0 fully saturated rings. The highest BCUT2D eigenvalue weighted by Gasteiger charge is 2.15. The van der Waals surface area contributed by atoms with Crippen molar-refractivity contribution >= 4 is 16.9 Å². The van der Waals surface area contributed by atoms with Crippen molar-refractivity contribution in [1.82, 2.24) is 4.98 Å². The van der Waals surface area contributed by atoms with Crippen LogP contribution in [0.15, 0.2) is 30.5 Å². The van der Waals surface area contributed by atoms with E-state index in [9.17, 15) is 4.79 Å². The van der Waals surface area contributed by atoms with Gasteiger partial charge in [-0.15, -0.1) is 0 Å². The van der Waals surface area contributed by atoms with Crippen molar-refractivity contribution in [3.8, 4) is 0 Å². The molecule has 0 radical (unpaired) electrons. The van der Waals surface area contributed by atoms with Gasteiger partial charge >= 0.3 is 5.97 Å². The number of rotatable bonds is 5. The lowest BCUT2D eigenvalue weighted by Gasteiger charge is -2.09. The minimum absolute atomic E-state index is 0.322. The summed E-state index contributed by atoms with van der Waals surface area (Å²) in [7, 11) is 0. The van der Waals surface area contributed by atoms with Crippen molar-refractivity contribution in [1.29, 1.82) is 0 Å². The Morgan fingerprint density at radius 2 is 2.22 bits per heavy atom. The lowest BCUT2D eigenvalue weighted by Crippen LogP contribution is -2.32. The van der Waals surface area contributed by atoms with Crippen LogP contribution in [-0.4, -0.2) is 23.6 Å². The van der Waals surface area contributed by atoms with Crippen molar-refractivity contribution in [2.75, 3.05) is 6.61 Å². The summed E-state index contributed by atoms with van der Waals surface area (Å²) in [5.41, 5.74) is 8.07. The molecule has 0 bridgehead atoms. The van der Waals surface area contributed by atoms with E-state index in [4.69, 9.17) is 10.5 Å². The molecule has 0 aliphatic heterocycles. The number of fused-ring (bicyclic) bond motifs is 1. The van der Waals surface area contributed by atoms with Crippen LogP contribution in [0.3, 0.4) is 0 Å². The zero-order valence-electron chi connectivity index (χ0n) is 10.5. The van der Waals surface area contributed by atoms with E-state index in [1.165, 1.54) is 10.9 Å². The number of benzene rings is 1. The predicted molar refractivity (Wildman–Crippen MR) is 71.2 cm³/mol. The average Bonchev–Trinajstić information content (AvgIpc) is 2.79. The Labute approximate surface area is 106 Å². The first-order valence-electron chi connectivity index (χ1n) is 6.19. The normalized spacial score (nSPS) is 12.6. The highest BCUT2D eigenvalue weighted by atomic mass is 16.5. The van der Waals surface area contributed by atoms with E-state index in [1.54, 1.807) is 6.92 Å². The predicted octanol–water partition coefficient (Wildman–Crippen LogP) is 1.99. The molecule has 0 aliphatic carbocycles. The molecule has 1 atom stereocenters. The van der Waals surface area contributed by atoms with E-state index in [2.05, 4.69) is 11.1 Å². The maximum Gasteiger partial charge on any atom is 0.322 e. The van der Waals surface area contributed by atoms with Gasteiger partial charge in [0.25, 0.3) is 0 Å². The summed E-state index contributed by atoms with van der Waals surface area (Å²) in [6.07, 6.45) is 3.34. The summed E-state index contributed by atoms with van der Waals surface area (Å²) in [6, 6.07) is 7.55. The van der Waals surface area contributed by atoms with Gasteiger partial charge in [0.05, 0.1) is 6.61 Å². The molecule has 0 saturated carbocycles. The number of para-hydroxylation sites is 1. The van der Waals surface area contributed by atoms with Crippen LogP contribution in [0, 0.1) is 0 Å². The van der Waals surface area contributed by atoms with Crippen molar-refractivity contribution in [3.63, 3.8) is 0 Å². The van der Waals surface area contributed by atoms with Gasteiger partial charge in [0.1, 0.15) is 6.04 Å². The molecule has 1 aromatic carbocycles. The SMILES string of the molecule is CCOC(=O)[C@H](N)CCc1c[nH]c2ccccc12. The molecule has 2 rings (SSSR count). The monoisotopic (exact) mass is 246 g/mol. The Balaban J connectivity index is 2.00. The zero-order valence-corrected chi connectivity index (χ0v) is 10.5. The number of esters is 1. The Hall–Kier alpha value is -1.81. The Bertz CT molecular complexity index is 533. The molecule has 3 N–H and O–H groups in total. The largest absolute Gasteiger partial charge is 0.465 e. The number of carbonyl (C=O) groups excluding carboxylic acids is 1. The van der Waals surface area contributed by atoms with E-state index >= 15 is 0 Å². The van der Waals surface area contributed by atoms with Crippen LogP contribution in [0.1, 0.15) is 18.9 Å². The molecule has 1 aromatic heterocycles. The second kappa shape index (κ2) is 5.69. The highest BCUT2D eigenvalue weighted by Crippen LogP contribution is 2.19. The molecule has 0 spiro atoms. The molecule has 0 saturated heterocycles. The Morgan fingerprint density at radius 1 is 1.44 bits per heavy atom. The van der Waals surface area contributed by atoms with Crippen molar-refractivity contribution in [2.45, 2.75) is 25.8 Å². The van der Waals surface area contributed by atoms with Crippen LogP contribution in [0.2, 0.25) is 0 Å². The van der Waals surface area contributed by atoms with Crippen LogP contribution >= 0.6 is 0 Å². The van der Waals surface area contributed by atoms with Crippen molar-refractivity contribution < 1.29 is 9.53 Å². The number of nitrogens with two attached hydrogens (primary N) is 1. The van der Waals surface area contributed by atoms with E-state index in [1.807, 2.05) is 24.4 Å². The summed E-state index contributed by atoms with van der Waals surface area (Å²) in [5.74, 6) is -0.322. The quantitative estimate of drug-likeness (QED) is 0.793. The number of nitrogens with one attached hydrogen (secondary N) is 1. The van der Waals surface area contributed by atoms with E-state index in [0.717, 1.165) is 11.9 Å². The summed E-state index contributed by atoms with van der Waals surface area (Å²) < 4.78 is 4.89. The number of aromatic amines is 1. The lowest BCUT2D eigenvalue weighted by molar-refractivity contribution is -0.144. The van der Waals surface area contributed by atoms with Gasteiger partial charge in [-0.25, -0.2) is 0 Å². The van der Waals surface area contributed by atoms with Gasteiger partial charge in [0.2, 0.25) is 0 Å². The maximum absolute atomic E-state index is 11.4. The fourth-order valence-corrected chi connectivity index (χ4v) is 2.02. The van der Waals surface area contributed by atoms with Crippen molar-refractivity contribution in [3.05, 3.63) is 36.0 Å². The molecule has 4 heteroatoms. The molecular weight excluding hydrogens is 228 g/mol. The Kier molecular flexibility index (Phi) is 3.99. The smallest absolute Gasteiger partial charge is 0.322 e. The molecule has 4 nitrogen and oxygen atoms in total. The Morgan fingerprint density at radius 3 is 3.00 bits per heavy atom. The number of hydrogen-bond donors (Lipinski definition) is 2. The summed E-state index contributed by atoms with van der Waals surface area (Å²) in [6.45, 7) is 2.16. The standard InChI is InChI=1S/C14H18N2O2/c1-2-18-14(17)12(15)8-7-10-9-16-13-6-4-3-5-11(10)13/h3-6,9,12,16H,2,7-8,15H2,1H3/t12-/m1/s1. The van der Waals surface area contributed by atoms with Crippen LogP contribution < -0.4 is 5.73 Å². The van der Waals surface area contributed by atoms with Gasteiger partial charge in [-0.1, -0.05) is 18.2 Å². The van der Waals surface area contributed by atoms with Crippen molar-refractivity contribution in [2.24, 2.45) is 5.73 Å². The number of carbonyl (C=O) groups is 1. The van der Waals surface area contributed by atoms with Crippen LogP contribution in [0.25, 0.3) is 10.9 Å². The number of aryl methyl sites for hydroxylation is 1. The maximum atomic E-state index is 11.4. The van der Waals surface area contributed by atoms with Gasteiger partial charge < -0.3 is 15.5 Å². The van der Waals surface area contributed by atoms with E-state index in [-0.39, 0.29) is 5.97 Å². The first kappa shape index (κ1) is 12.6. The third-order valence-corrected chi connectivity index (χ3v) is 2.99. The minimum Gasteiger partial charge on any atom is -0.465 e. The molecule has 1 heterocycles. The van der Waals surface area contributed by atoms with Gasteiger partial charge in [-0.2, -0.15) is 0 Å². The molecule has 96 valence electrons. The topological polar surface area (TPSA) is 68.1 Å². The van der Waals surface area contributed by atoms with E-state index in [0.29, 0.717) is 13.0 Å². The molecule has 18 heavy (non-hydrogen) atoms. The number of ether oxygens (including phenoxy) is 1. The first-order valence-corrected chi connectivity index (χ1v) is 6.19. The van der Waals surface area contributed by atoms with Crippen LogP contribution in [0.4, 0.5) is 0 Å². The number of H-pyrrole nitrogens is 1. The zero-order chi connectivity index (χ0) is 13.0. The molecular formula is C14H18N2O2. The van der Waals surface area contributed by atoms with Crippen LogP contribution in [-0.2, 0) is 16.0 Å². The van der Waals surface area contributed by atoms with Gasteiger partial charge in [0.15, 0.2) is 0 Å². The number of aromatic nitrogens is 1. The lowest BCUT2D eigenvalue weighted by atomic mass is 10.1. The highest BCUT2D eigenvalue weighted by molar-refractivity contribution is 5.83. The summed E-state index contributed by atoms with van der Waals surface area (Å²) in [4.78, 5) is 14.6. The van der Waals surface area contributed by atoms with Gasteiger partial charge in [-0.05, 0) is 31.4 Å². The first-order chi connectivity index (χ1) is 8.72. The minimum atomic E-state index is -0.543. The molecule has 0 aliphatic rings. The summed E-state index contributed by atoms with van der Waals surface area (Å²) >= 11 is 0. The molecule has 0 amide bonds. The average molecular weight is 246 g/mol. The number of hydrogen-bond acceptors (Lipinski definition) is 3. The molecule has 0 unspecified atom stereocenters. The third kappa shape index (κ3) is 2.71. The second-order valence-corrected chi connectivity index (χ2v) is 4.26. The van der Waals surface area contributed by atoms with Gasteiger partial charge in [0, 0.05) is 17.1 Å².